The topological polar surface area (TPSA) is 53.6 Å². The predicted octanol–water partition coefficient (Wildman–Crippen LogP) is 3.77. The largest absolute Gasteiger partial charge is 0.370 e. The van der Waals surface area contributed by atoms with Gasteiger partial charge in [-0.15, -0.1) is 24.0 Å². The van der Waals surface area contributed by atoms with Crippen molar-refractivity contribution in [2.75, 3.05) is 31.5 Å². The van der Waals surface area contributed by atoms with E-state index < -0.39 is 0 Å². The monoisotopic (exact) mass is 418 g/mol. The van der Waals surface area contributed by atoms with E-state index in [1.807, 2.05) is 6.07 Å². The van der Waals surface area contributed by atoms with E-state index in [0.717, 1.165) is 38.3 Å². The summed E-state index contributed by atoms with van der Waals surface area (Å²) < 4.78 is 0. The van der Waals surface area contributed by atoms with E-state index in [1.54, 1.807) is 0 Å². The second kappa shape index (κ2) is 11.7. The molecule has 5 heteroatoms. The molecule has 0 aliphatic heterocycles. The molecule has 0 spiro atoms. The number of nitrogens with one attached hydrogen (secondary N) is 1. The number of hydrogen-bond acceptors (Lipinski definition) is 2. The minimum absolute atomic E-state index is 0. The molecule has 0 amide bonds. The smallest absolute Gasteiger partial charge is 0.193 e. The number of aliphatic imine (C=N–C) groups is 1. The van der Waals surface area contributed by atoms with Crippen molar-refractivity contribution in [2.24, 2.45) is 10.7 Å². The Bertz CT molecular complexity index is 456. The summed E-state index contributed by atoms with van der Waals surface area (Å²) in [6, 6.07) is 6.22. The van der Waals surface area contributed by atoms with Crippen LogP contribution in [0.1, 0.15) is 37.8 Å². The van der Waals surface area contributed by atoms with E-state index in [0.29, 0.717) is 5.96 Å². The first-order chi connectivity index (χ1) is 10.1. The van der Waals surface area contributed by atoms with Crippen LogP contribution in [0.25, 0.3) is 0 Å². The summed E-state index contributed by atoms with van der Waals surface area (Å²) in [7, 11) is 0. The highest BCUT2D eigenvalue weighted by molar-refractivity contribution is 14.0. The summed E-state index contributed by atoms with van der Waals surface area (Å²) in [6.07, 6.45) is 2.24. The quantitative estimate of drug-likeness (QED) is 0.293. The zero-order valence-electron chi connectivity index (χ0n) is 14.4. The molecular weight excluding hydrogens is 387 g/mol. The molecule has 0 saturated heterocycles. The highest BCUT2D eigenvalue weighted by atomic mass is 127. The lowest BCUT2D eigenvalue weighted by atomic mass is 10.1. The molecule has 0 heterocycles. The van der Waals surface area contributed by atoms with E-state index in [4.69, 9.17) is 5.73 Å². The van der Waals surface area contributed by atoms with Gasteiger partial charge < -0.3 is 16.0 Å². The molecule has 1 aromatic rings. The van der Waals surface area contributed by atoms with Gasteiger partial charge >= 0.3 is 0 Å². The van der Waals surface area contributed by atoms with E-state index >= 15 is 0 Å². The molecule has 0 unspecified atom stereocenters. The number of anilines is 1. The van der Waals surface area contributed by atoms with Crippen molar-refractivity contribution in [1.29, 1.82) is 0 Å². The summed E-state index contributed by atoms with van der Waals surface area (Å²) in [5.74, 6) is 0.501. The van der Waals surface area contributed by atoms with Crippen LogP contribution in [0.4, 0.5) is 5.69 Å². The second-order valence-electron chi connectivity index (χ2n) is 5.42. The number of halogens is 1. The van der Waals surface area contributed by atoms with Crippen LogP contribution in [0.2, 0.25) is 0 Å². The minimum atomic E-state index is 0. The van der Waals surface area contributed by atoms with Crippen molar-refractivity contribution in [3.63, 3.8) is 0 Å². The van der Waals surface area contributed by atoms with Crippen LogP contribution >= 0.6 is 24.0 Å². The number of nitrogens with zero attached hydrogens (tertiary/aromatic N) is 2. The van der Waals surface area contributed by atoms with Gasteiger partial charge in [-0.25, -0.2) is 0 Å². The van der Waals surface area contributed by atoms with Crippen molar-refractivity contribution in [3.8, 4) is 0 Å². The van der Waals surface area contributed by atoms with Crippen LogP contribution in [-0.4, -0.2) is 37.0 Å². The molecule has 4 nitrogen and oxygen atoms in total. The third-order valence-electron chi connectivity index (χ3n) is 3.84. The molecule has 1 rings (SSSR count). The van der Waals surface area contributed by atoms with Crippen molar-refractivity contribution in [3.05, 3.63) is 29.3 Å². The maximum Gasteiger partial charge on any atom is 0.193 e. The summed E-state index contributed by atoms with van der Waals surface area (Å²) in [5, 5.41) is 3.15. The summed E-state index contributed by atoms with van der Waals surface area (Å²) in [4.78, 5) is 6.82. The zero-order valence-corrected chi connectivity index (χ0v) is 16.7. The summed E-state index contributed by atoms with van der Waals surface area (Å²) >= 11 is 0. The van der Waals surface area contributed by atoms with Gasteiger partial charge in [-0.05, 0) is 69.6 Å². The fraction of sp³-hybridized carbons (Fsp3) is 0.588. The van der Waals surface area contributed by atoms with Crippen LogP contribution in [0.3, 0.4) is 0 Å². The number of hydrogen-bond donors (Lipinski definition) is 2. The Morgan fingerprint density at radius 1 is 1.14 bits per heavy atom. The standard InChI is InChI=1S/C17H30N4.HI/c1-5-21(6-2)12-8-7-11-19-17(18)20-16-10-9-14(3)15(4)13-16;/h9-10,13H,5-8,11-12H2,1-4H3,(H3,18,19,20);1H. The van der Waals surface area contributed by atoms with Gasteiger partial charge in [-0.3, -0.25) is 4.99 Å². The first kappa shape index (κ1) is 21.2. The fourth-order valence-electron chi connectivity index (χ4n) is 2.19. The fourth-order valence-corrected chi connectivity index (χ4v) is 2.19. The summed E-state index contributed by atoms with van der Waals surface area (Å²) in [6.45, 7) is 12.8. The van der Waals surface area contributed by atoms with Gasteiger partial charge in [0.2, 0.25) is 0 Å². The maximum absolute atomic E-state index is 5.92. The second-order valence-corrected chi connectivity index (χ2v) is 5.42. The van der Waals surface area contributed by atoms with Gasteiger partial charge in [0.25, 0.3) is 0 Å². The SMILES string of the molecule is CCN(CC)CCCCN=C(N)Nc1ccc(C)c(C)c1.I. The van der Waals surface area contributed by atoms with Crippen molar-refractivity contribution in [2.45, 2.75) is 40.5 Å². The number of rotatable bonds is 8. The van der Waals surface area contributed by atoms with Gasteiger partial charge in [0.15, 0.2) is 5.96 Å². The molecule has 0 radical (unpaired) electrons. The molecule has 1 aromatic carbocycles. The van der Waals surface area contributed by atoms with Gasteiger partial charge in [0.05, 0.1) is 0 Å². The average molecular weight is 418 g/mol. The van der Waals surface area contributed by atoms with Crippen LogP contribution < -0.4 is 11.1 Å². The van der Waals surface area contributed by atoms with Crippen LogP contribution in [-0.2, 0) is 0 Å². The minimum Gasteiger partial charge on any atom is -0.370 e. The third-order valence-corrected chi connectivity index (χ3v) is 3.84. The van der Waals surface area contributed by atoms with Crippen LogP contribution in [0.5, 0.6) is 0 Å². The normalized spacial score (nSPS) is 11.4. The molecule has 3 N–H and O–H groups in total. The molecule has 126 valence electrons. The van der Waals surface area contributed by atoms with Gasteiger partial charge in [-0.2, -0.15) is 0 Å². The lowest BCUT2D eigenvalue weighted by molar-refractivity contribution is 0.298. The Kier molecular flexibility index (Phi) is 11.3. The van der Waals surface area contributed by atoms with Gasteiger partial charge in [-0.1, -0.05) is 19.9 Å². The first-order valence-corrected chi connectivity index (χ1v) is 7.93. The van der Waals surface area contributed by atoms with Gasteiger partial charge in [0.1, 0.15) is 0 Å². The molecule has 0 saturated carbocycles. The molecule has 0 atom stereocenters. The van der Waals surface area contributed by atoms with E-state index in [-0.39, 0.29) is 24.0 Å². The zero-order chi connectivity index (χ0) is 15.7. The van der Waals surface area contributed by atoms with Crippen molar-refractivity contribution >= 4 is 35.6 Å². The van der Waals surface area contributed by atoms with E-state index in [2.05, 4.69) is 55.0 Å². The Labute approximate surface area is 152 Å². The Morgan fingerprint density at radius 2 is 1.82 bits per heavy atom. The number of unbranched alkanes of at least 4 members (excludes halogenated alkanes) is 1. The van der Waals surface area contributed by atoms with Crippen molar-refractivity contribution < 1.29 is 0 Å². The van der Waals surface area contributed by atoms with Gasteiger partial charge in [0, 0.05) is 12.2 Å². The third kappa shape index (κ3) is 7.98. The highest BCUT2D eigenvalue weighted by Gasteiger charge is 1.99. The van der Waals surface area contributed by atoms with Crippen LogP contribution in [0.15, 0.2) is 23.2 Å². The van der Waals surface area contributed by atoms with E-state index in [1.165, 1.54) is 17.5 Å². The molecule has 0 fully saturated rings. The van der Waals surface area contributed by atoms with Crippen molar-refractivity contribution in [1.82, 2.24) is 4.90 Å². The molecule has 22 heavy (non-hydrogen) atoms. The lowest BCUT2D eigenvalue weighted by Crippen LogP contribution is -2.24. The average Bonchev–Trinajstić information content (AvgIpc) is 2.47. The molecule has 0 bridgehead atoms. The summed E-state index contributed by atoms with van der Waals surface area (Å²) in [5.41, 5.74) is 9.46. The maximum atomic E-state index is 5.92. The first-order valence-electron chi connectivity index (χ1n) is 7.93. The Balaban J connectivity index is 0.00000441. The number of nitrogens with two attached hydrogens (primary N) is 1. The molecular formula is C17H31IN4. The predicted molar refractivity (Wildman–Crippen MR) is 108 cm³/mol. The number of benzene rings is 1. The molecule has 0 aliphatic carbocycles. The lowest BCUT2D eigenvalue weighted by Gasteiger charge is -2.17. The highest BCUT2D eigenvalue weighted by Crippen LogP contribution is 2.13. The number of aryl methyl sites for hydroxylation is 2. The molecule has 0 aliphatic rings. The van der Waals surface area contributed by atoms with Crippen LogP contribution in [0, 0.1) is 13.8 Å². The van der Waals surface area contributed by atoms with E-state index in [9.17, 15) is 0 Å². The Hall–Kier alpha value is -0.820. The Morgan fingerprint density at radius 3 is 2.41 bits per heavy atom. The number of guanidine groups is 1. The molecule has 0 aromatic heterocycles.